The van der Waals surface area contributed by atoms with Crippen LogP contribution in [0.3, 0.4) is 0 Å². The van der Waals surface area contributed by atoms with E-state index >= 15 is 0 Å². The summed E-state index contributed by atoms with van der Waals surface area (Å²) in [5, 5.41) is 6.21. The minimum absolute atomic E-state index is 0.0260. The van der Waals surface area contributed by atoms with Crippen molar-refractivity contribution in [3.8, 4) is 5.75 Å². The van der Waals surface area contributed by atoms with E-state index in [-0.39, 0.29) is 23.7 Å². The molecule has 1 N–H and O–H groups in total. The first kappa shape index (κ1) is 19.3. The van der Waals surface area contributed by atoms with Gasteiger partial charge in [-0.1, -0.05) is 24.3 Å². The fourth-order valence-electron chi connectivity index (χ4n) is 2.44. The topological polar surface area (TPSA) is 56.2 Å². The lowest BCUT2D eigenvalue weighted by molar-refractivity contribution is -0.274. The van der Waals surface area contributed by atoms with Crippen LogP contribution in [0.4, 0.5) is 27.8 Å². The molecule has 0 aliphatic heterocycles. The number of para-hydroxylation sites is 1. The zero-order valence-corrected chi connectivity index (χ0v) is 14.0. The predicted octanol–water partition coefficient (Wildman–Crippen LogP) is 4.36. The number of hydrogen-bond acceptors (Lipinski definition) is 3. The van der Waals surface area contributed by atoms with Crippen LogP contribution in [0, 0.1) is 11.6 Å². The number of hydrogen-bond donors (Lipinski definition) is 1. The third-order valence-electron chi connectivity index (χ3n) is 3.60. The summed E-state index contributed by atoms with van der Waals surface area (Å²) in [4.78, 5) is 12.0. The minimum atomic E-state index is -4.84. The molecule has 0 bridgehead atoms. The van der Waals surface area contributed by atoms with Gasteiger partial charge >= 0.3 is 6.36 Å². The van der Waals surface area contributed by atoms with Crippen molar-refractivity contribution in [2.24, 2.45) is 0 Å². The van der Waals surface area contributed by atoms with Gasteiger partial charge in [-0.15, -0.1) is 13.2 Å². The van der Waals surface area contributed by atoms with Crippen molar-refractivity contribution in [1.29, 1.82) is 0 Å². The average molecular weight is 397 g/mol. The number of amides is 1. The van der Waals surface area contributed by atoms with Crippen LogP contribution in [0.1, 0.15) is 15.9 Å². The SMILES string of the molecule is O=C(Nc1ccn(Cc2ccccc2OC(F)(F)F)n1)c1c(F)cccc1F. The first-order valence-corrected chi connectivity index (χ1v) is 7.85. The molecule has 5 nitrogen and oxygen atoms in total. The van der Waals surface area contributed by atoms with Crippen molar-refractivity contribution >= 4 is 11.7 Å². The molecule has 0 saturated heterocycles. The maximum absolute atomic E-state index is 13.6. The Morgan fingerprint density at radius 1 is 1.04 bits per heavy atom. The molecule has 1 heterocycles. The van der Waals surface area contributed by atoms with Crippen LogP contribution in [-0.4, -0.2) is 22.1 Å². The van der Waals surface area contributed by atoms with Gasteiger partial charge in [-0.3, -0.25) is 9.48 Å². The number of rotatable bonds is 5. The highest BCUT2D eigenvalue weighted by Crippen LogP contribution is 2.26. The van der Waals surface area contributed by atoms with Gasteiger partial charge < -0.3 is 10.1 Å². The van der Waals surface area contributed by atoms with Gasteiger partial charge in [0.05, 0.1) is 6.54 Å². The molecule has 0 fully saturated rings. The number of aromatic nitrogens is 2. The molecule has 146 valence electrons. The van der Waals surface area contributed by atoms with Gasteiger partial charge in [-0.2, -0.15) is 5.10 Å². The van der Waals surface area contributed by atoms with Crippen LogP contribution in [0.15, 0.2) is 54.7 Å². The summed E-state index contributed by atoms with van der Waals surface area (Å²) in [7, 11) is 0. The van der Waals surface area contributed by atoms with Crippen LogP contribution in [-0.2, 0) is 6.54 Å². The van der Waals surface area contributed by atoms with E-state index in [0.717, 1.165) is 24.3 Å². The Morgan fingerprint density at radius 3 is 2.39 bits per heavy atom. The van der Waals surface area contributed by atoms with Gasteiger partial charge in [-0.05, 0) is 18.2 Å². The zero-order valence-electron chi connectivity index (χ0n) is 14.0. The van der Waals surface area contributed by atoms with E-state index in [0.29, 0.717) is 0 Å². The summed E-state index contributed by atoms with van der Waals surface area (Å²) < 4.78 is 69.9. The zero-order chi connectivity index (χ0) is 20.3. The van der Waals surface area contributed by atoms with E-state index in [2.05, 4.69) is 15.2 Å². The second-order valence-electron chi connectivity index (χ2n) is 5.60. The Bertz CT molecular complexity index is 981. The summed E-state index contributed by atoms with van der Waals surface area (Å²) >= 11 is 0. The molecule has 1 aromatic heterocycles. The molecular weight excluding hydrogens is 385 g/mol. The number of nitrogens with zero attached hydrogens (tertiary/aromatic N) is 2. The number of alkyl halides is 3. The van der Waals surface area contributed by atoms with Crippen LogP contribution < -0.4 is 10.1 Å². The van der Waals surface area contributed by atoms with Crippen LogP contribution >= 0.6 is 0 Å². The molecule has 1 amide bonds. The van der Waals surface area contributed by atoms with Gasteiger partial charge in [0.25, 0.3) is 5.91 Å². The first-order chi connectivity index (χ1) is 13.2. The van der Waals surface area contributed by atoms with Crippen LogP contribution in [0.2, 0.25) is 0 Å². The summed E-state index contributed by atoms with van der Waals surface area (Å²) in [5.74, 6) is -3.52. The molecule has 0 aliphatic carbocycles. The number of carbonyl (C=O) groups excluding carboxylic acids is 1. The molecule has 0 spiro atoms. The second kappa shape index (κ2) is 7.67. The van der Waals surface area contributed by atoms with Crippen molar-refractivity contribution in [3.05, 3.63) is 77.5 Å². The highest BCUT2D eigenvalue weighted by molar-refractivity contribution is 6.04. The third kappa shape index (κ3) is 4.64. The minimum Gasteiger partial charge on any atom is -0.405 e. The Balaban J connectivity index is 1.74. The predicted molar refractivity (Wildman–Crippen MR) is 88.8 cm³/mol. The van der Waals surface area contributed by atoms with E-state index in [1.54, 1.807) is 0 Å². The van der Waals surface area contributed by atoms with Gasteiger partial charge in [0.1, 0.15) is 22.9 Å². The molecule has 0 saturated carbocycles. The maximum atomic E-state index is 13.6. The van der Waals surface area contributed by atoms with Crippen molar-refractivity contribution in [2.45, 2.75) is 12.9 Å². The lowest BCUT2D eigenvalue weighted by Crippen LogP contribution is -2.18. The normalized spacial score (nSPS) is 11.3. The number of benzene rings is 2. The Labute approximate surface area is 155 Å². The van der Waals surface area contributed by atoms with E-state index in [1.165, 1.54) is 35.1 Å². The quantitative estimate of drug-likeness (QED) is 0.651. The highest BCUT2D eigenvalue weighted by Gasteiger charge is 2.32. The van der Waals surface area contributed by atoms with Crippen molar-refractivity contribution in [1.82, 2.24) is 9.78 Å². The Morgan fingerprint density at radius 2 is 1.71 bits per heavy atom. The van der Waals surface area contributed by atoms with Gasteiger partial charge in [0.2, 0.25) is 0 Å². The highest BCUT2D eigenvalue weighted by atomic mass is 19.4. The molecular formula is C18H12F5N3O2. The molecule has 2 aromatic carbocycles. The van der Waals surface area contributed by atoms with Crippen molar-refractivity contribution in [3.63, 3.8) is 0 Å². The lowest BCUT2D eigenvalue weighted by Gasteiger charge is -2.13. The smallest absolute Gasteiger partial charge is 0.405 e. The maximum Gasteiger partial charge on any atom is 0.573 e. The lowest BCUT2D eigenvalue weighted by atomic mass is 10.2. The second-order valence-corrected chi connectivity index (χ2v) is 5.60. The van der Waals surface area contributed by atoms with Crippen molar-refractivity contribution in [2.75, 3.05) is 5.32 Å². The fourth-order valence-corrected chi connectivity index (χ4v) is 2.44. The molecule has 10 heteroatoms. The van der Waals surface area contributed by atoms with Crippen LogP contribution in [0.5, 0.6) is 5.75 Å². The number of anilines is 1. The van der Waals surface area contributed by atoms with Gasteiger partial charge in [0.15, 0.2) is 5.82 Å². The summed E-state index contributed by atoms with van der Waals surface area (Å²) in [6, 6.07) is 9.85. The molecule has 3 aromatic rings. The molecule has 0 aliphatic rings. The van der Waals surface area contributed by atoms with E-state index in [9.17, 15) is 26.7 Å². The number of carbonyl (C=O) groups is 1. The standard InChI is InChI=1S/C18H12F5N3O2/c19-12-5-3-6-13(20)16(12)17(27)24-15-8-9-26(25-15)10-11-4-1-2-7-14(11)28-18(21,22)23/h1-9H,10H2,(H,24,25,27). The van der Waals surface area contributed by atoms with E-state index in [1.807, 2.05) is 0 Å². The third-order valence-corrected chi connectivity index (χ3v) is 3.60. The van der Waals surface area contributed by atoms with Gasteiger partial charge in [0, 0.05) is 17.8 Å². The molecule has 0 radical (unpaired) electrons. The van der Waals surface area contributed by atoms with E-state index in [4.69, 9.17) is 0 Å². The van der Waals surface area contributed by atoms with Gasteiger partial charge in [-0.25, -0.2) is 8.78 Å². The average Bonchev–Trinajstić information content (AvgIpc) is 3.02. The summed E-state index contributed by atoms with van der Waals surface area (Å²) in [5.41, 5.74) is -0.568. The number of ether oxygens (including phenoxy) is 1. The molecule has 0 atom stereocenters. The van der Waals surface area contributed by atoms with Crippen LogP contribution in [0.25, 0.3) is 0 Å². The number of nitrogens with one attached hydrogen (secondary N) is 1. The molecule has 0 unspecified atom stereocenters. The first-order valence-electron chi connectivity index (χ1n) is 7.85. The summed E-state index contributed by atoms with van der Waals surface area (Å²) in [6.07, 6.45) is -3.46. The molecule has 28 heavy (non-hydrogen) atoms. The van der Waals surface area contributed by atoms with Crippen molar-refractivity contribution < 1.29 is 31.5 Å². The number of halogens is 5. The van der Waals surface area contributed by atoms with E-state index < -0.39 is 29.5 Å². The Kier molecular flexibility index (Phi) is 5.30. The monoisotopic (exact) mass is 397 g/mol. The Hall–Kier alpha value is -3.43. The largest absolute Gasteiger partial charge is 0.573 e. The summed E-state index contributed by atoms with van der Waals surface area (Å²) in [6.45, 7) is -0.0871. The molecule has 3 rings (SSSR count). The fraction of sp³-hybridized carbons (Fsp3) is 0.111.